The molecule has 0 unspecified atom stereocenters. The lowest BCUT2D eigenvalue weighted by atomic mass is 9.83. The Balaban J connectivity index is 1.94. The van der Waals surface area contributed by atoms with Crippen molar-refractivity contribution in [3.63, 3.8) is 0 Å². The van der Waals surface area contributed by atoms with Gasteiger partial charge in [0.05, 0.1) is 0 Å². The van der Waals surface area contributed by atoms with Gasteiger partial charge < -0.3 is 4.57 Å². The third-order valence-electron chi connectivity index (χ3n) is 3.44. The molecule has 1 heterocycles. The zero-order chi connectivity index (χ0) is 10.7. The monoisotopic (exact) mass is 206 g/mol. The number of hydrogen-bond donors (Lipinski definition) is 0. The van der Waals surface area contributed by atoms with E-state index in [1.807, 2.05) is 10.8 Å². The minimum absolute atomic E-state index is 0.564. The SMILES string of the molecule is CC1CCC(Cn2ccnc2C=O)CC1. The highest BCUT2D eigenvalue weighted by Gasteiger charge is 2.19. The van der Waals surface area contributed by atoms with E-state index in [-0.39, 0.29) is 0 Å². The van der Waals surface area contributed by atoms with Crippen molar-refractivity contribution in [2.75, 3.05) is 0 Å². The lowest BCUT2D eigenvalue weighted by Crippen LogP contribution is -2.18. The summed E-state index contributed by atoms with van der Waals surface area (Å²) in [6, 6.07) is 0. The Bertz CT molecular complexity index is 324. The van der Waals surface area contributed by atoms with Crippen molar-refractivity contribution in [3.05, 3.63) is 18.2 Å². The Hall–Kier alpha value is -1.12. The quantitative estimate of drug-likeness (QED) is 0.712. The first kappa shape index (κ1) is 10.4. The first-order chi connectivity index (χ1) is 7.29. The first-order valence-electron chi connectivity index (χ1n) is 5.76. The minimum Gasteiger partial charge on any atom is -0.328 e. The number of hydrogen-bond acceptors (Lipinski definition) is 2. The molecule has 0 N–H and O–H groups in total. The molecule has 3 nitrogen and oxygen atoms in total. The molecular formula is C12H18N2O. The zero-order valence-corrected chi connectivity index (χ0v) is 9.22. The topological polar surface area (TPSA) is 34.9 Å². The summed E-state index contributed by atoms with van der Waals surface area (Å²) in [5.41, 5.74) is 0. The third-order valence-corrected chi connectivity index (χ3v) is 3.44. The van der Waals surface area contributed by atoms with Crippen LogP contribution in [0.2, 0.25) is 0 Å². The van der Waals surface area contributed by atoms with E-state index in [2.05, 4.69) is 11.9 Å². The van der Waals surface area contributed by atoms with Crippen LogP contribution in [0.15, 0.2) is 12.4 Å². The molecule has 0 amide bonds. The van der Waals surface area contributed by atoms with Crippen molar-refractivity contribution in [1.29, 1.82) is 0 Å². The van der Waals surface area contributed by atoms with Gasteiger partial charge in [-0.25, -0.2) is 4.98 Å². The van der Waals surface area contributed by atoms with Crippen LogP contribution in [0.5, 0.6) is 0 Å². The zero-order valence-electron chi connectivity index (χ0n) is 9.22. The van der Waals surface area contributed by atoms with E-state index < -0.39 is 0 Å². The number of nitrogens with zero attached hydrogens (tertiary/aromatic N) is 2. The van der Waals surface area contributed by atoms with Gasteiger partial charge >= 0.3 is 0 Å². The van der Waals surface area contributed by atoms with Crippen molar-refractivity contribution < 1.29 is 4.79 Å². The number of aldehydes is 1. The second kappa shape index (κ2) is 4.60. The molecule has 0 atom stereocenters. The number of rotatable bonds is 3. The van der Waals surface area contributed by atoms with Crippen LogP contribution < -0.4 is 0 Å². The average Bonchev–Trinajstić information content (AvgIpc) is 2.69. The minimum atomic E-state index is 0.564. The van der Waals surface area contributed by atoms with Crippen LogP contribution in [0, 0.1) is 11.8 Å². The standard InChI is InChI=1S/C12H18N2O/c1-10-2-4-11(5-3-10)8-14-7-6-13-12(14)9-15/h6-7,9-11H,2-5,8H2,1H3. The maximum atomic E-state index is 10.7. The molecule has 1 saturated carbocycles. The molecule has 1 aliphatic rings. The number of carbonyl (C=O) groups is 1. The predicted molar refractivity (Wildman–Crippen MR) is 58.7 cm³/mol. The average molecular weight is 206 g/mol. The van der Waals surface area contributed by atoms with Gasteiger partial charge in [0.25, 0.3) is 0 Å². The molecule has 0 saturated heterocycles. The predicted octanol–water partition coefficient (Wildman–Crippen LogP) is 2.52. The Kier molecular flexibility index (Phi) is 3.19. The van der Waals surface area contributed by atoms with E-state index in [1.54, 1.807) is 6.20 Å². The van der Waals surface area contributed by atoms with Crippen molar-refractivity contribution in [3.8, 4) is 0 Å². The fourth-order valence-corrected chi connectivity index (χ4v) is 2.38. The maximum Gasteiger partial charge on any atom is 0.185 e. The summed E-state index contributed by atoms with van der Waals surface area (Å²) < 4.78 is 1.98. The third kappa shape index (κ3) is 2.46. The van der Waals surface area contributed by atoms with Crippen LogP contribution in [-0.4, -0.2) is 15.8 Å². The smallest absolute Gasteiger partial charge is 0.185 e. The van der Waals surface area contributed by atoms with Crippen LogP contribution in [0.3, 0.4) is 0 Å². The molecule has 2 rings (SSSR count). The largest absolute Gasteiger partial charge is 0.328 e. The van der Waals surface area contributed by atoms with Gasteiger partial charge in [0.1, 0.15) is 0 Å². The summed E-state index contributed by atoms with van der Waals surface area (Å²) >= 11 is 0. The molecule has 3 heteroatoms. The van der Waals surface area contributed by atoms with Crippen LogP contribution in [0.4, 0.5) is 0 Å². The molecule has 82 valence electrons. The van der Waals surface area contributed by atoms with Crippen LogP contribution in [0.25, 0.3) is 0 Å². The molecule has 1 aromatic rings. The van der Waals surface area contributed by atoms with E-state index in [1.165, 1.54) is 25.7 Å². The van der Waals surface area contributed by atoms with Gasteiger partial charge in [0.15, 0.2) is 12.1 Å². The molecule has 1 aromatic heterocycles. The Labute approximate surface area is 90.5 Å². The van der Waals surface area contributed by atoms with Crippen LogP contribution in [-0.2, 0) is 6.54 Å². The van der Waals surface area contributed by atoms with Gasteiger partial charge in [-0.3, -0.25) is 4.79 Å². The summed E-state index contributed by atoms with van der Waals surface area (Å²) in [4.78, 5) is 14.7. The lowest BCUT2D eigenvalue weighted by molar-refractivity contribution is 0.110. The molecule has 0 aliphatic heterocycles. The second-order valence-corrected chi connectivity index (χ2v) is 4.68. The van der Waals surface area contributed by atoms with Crippen molar-refractivity contribution in [2.45, 2.75) is 39.2 Å². The van der Waals surface area contributed by atoms with E-state index in [0.29, 0.717) is 5.82 Å². The normalized spacial score (nSPS) is 26.5. The van der Waals surface area contributed by atoms with E-state index in [9.17, 15) is 4.79 Å². The Morgan fingerprint density at radius 2 is 2.20 bits per heavy atom. The summed E-state index contributed by atoms with van der Waals surface area (Å²) in [5, 5.41) is 0. The summed E-state index contributed by atoms with van der Waals surface area (Å²) in [6.07, 6.45) is 9.68. The van der Waals surface area contributed by atoms with Gasteiger partial charge in [-0.15, -0.1) is 0 Å². The maximum absolute atomic E-state index is 10.7. The summed E-state index contributed by atoms with van der Waals surface area (Å²) in [6.45, 7) is 3.28. The van der Waals surface area contributed by atoms with Gasteiger partial charge in [-0.1, -0.05) is 19.8 Å². The van der Waals surface area contributed by atoms with Crippen molar-refractivity contribution in [1.82, 2.24) is 9.55 Å². The molecule has 15 heavy (non-hydrogen) atoms. The molecule has 0 radical (unpaired) electrons. The Morgan fingerprint density at radius 3 is 2.87 bits per heavy atom. The van der Waals surface area contributed by atoms with Crippen molar-refractivity contribution in [2.24, 2.45) is 11.8 Å². The molecular weight excluding hydrogens is 188 g/mol. The van der Waals surface area contributed by atoms with Gasteiger partial charge in [0, 0.05) is 18.9 Å². The summed E-state index contributed by atoms with van der Waals surface area (Å²) in [5.74, 6) is 2.18. The van der Waals surface area contributed by atoms with Gasteiger partial charge in [0.2, 0.25) is 0 Å². The second-order valence-electron chi connectivity index (χ2n) is 4.68. The fraction of sp³-hybridized carbons (Fsp3) is 0.667. The van der Waals surface area contributed by atoms with Crippen LogP contribution in [0.1, 0.15) is 43.2 Å². The molecule has 0 bridgehead atoms. The number of carbonyl (C=O) groups excluding carboxylic acids is 1. The highest BCUT2D eigenvalue weighted by Crippen LogP contribution is 2.29. The molecule has 1 fully saturated rings. The van der Waals surface area contributed by atoms with E-state index in [0.717, 1.165) is 24.7 Å². The fourth-order valence-electron chi connectivity index (χ4n) is 2.38. The Morgan fingerprint density at radius 1 is 1.47 bits per heavy atom. The van der Waals surface area contributed by atoms with Crippen LogP contribution >= 0.6 is 0 Å². The van der Waals surface area contributed by atoms with Crippen molar-refractivity contribution >= 4 is 6.29 Å². The van der Waals surface area contributed by atoms with Gasteiger partial charge in [-0.05, 0) is 24.7 Å². The van der Waals surface area contributed by atoms with E-state index >= 15 is 0 Å². The van der Waals surface area contributed by atoms with Gasteiger partial charge in [-0.2, -0.15) is 0 Å². The first-order valence-corrected chi connectivity index (χ1v) is 5.76. The molecule has 0 spiro atoms. The number of aromatic nitrogens is 2. The molecule has 1 aliphatic carbocycles. The summed E-state index contributed by atoms with van der Waals surface area (Å²) in [7, 11) is 0. The number of imidazole rings is 1. The highest BCUT2D eigenvalue weighted by molar-refractivity contribution is 5.69. The highest BCUT2D eigenvalue weighted by atomic mass is 16.1. The lowest BCUT2D eigenvalue weighted by Gasteiger charge is -2.26. The van der Waals surface area contributed by atoms with E-state index in [4.69, 9.17) is 0 Å². The molecule has 0 aromatic carbocycles.